The van der Waals surface area contributed by atoms with Crippen molar-refractivity contribution in [2.24, 2.45) is 0 Å². The highest BCUT2D eigenvalue weighted by molar-refractivity contribution is 5.96. The standard InChI is InChI=1S/C17H19N3O/c1-5-9-15-13(2)20(14-10-7-6-8-11-14)18-17(15)16(21)12-19(3)4/h5-11H,1-2,12H2,3-4H3/b15-9+. The number of aromatic nitrogens is 2. The Kier molecular flexibility index (Phi) is 4.50. The molecule has 0 aliphatic heterocycles. The van der Waals surface area contributed by atoms with Crippen LogP contribution in [-0.4, -0.2) is 41.1 Å². The quantitative estimate of drug-likeness (QED) is 0.767. The number of nitrogens with zero attached hydrogens (tertiary/aromatic N) is 3. The molecular formula is C17H19N3O. The summed E-state index contributed by atoms with van der Waals surface area (Å²) in [5.41, 5.74) is 1.31. The van der Waals surface area contributed by atoms with Crippen LogP contribution in [0.1, 0.15) is 10.5 Å². The van der Waals surface area contributed by atoms with Gasteiger partial charge in [-0.25, -0.2) is 4.68 Å². The largest absolute Gasteiger partial charge is 0.302 e. The van der Waals surface area contributed by atoms with E-state index in [0.717, 1.165) is 10.9 Å². The molecule has 0 aliphatic rings. The average Bonchev–Trinajstić information content (AvgIpc) is 2.77. The number of benzene rings is 1. The van der Waals surface area contributed by atoms with Crippen molar-refractivity contribution in [2.75, 3.05) is 20.6 Å². The van der Waals surface area contributed by atoms with E-state index in [1.807, 2.05) is 49.3 Å². The highest BCUT2D eigenvalue weighted by atomic mass is 16.1. The minimum atomic E-state index is -0.0346. The number of carbonyl (C=O) groups excluding carboxylic acids is 1. The molecule has 0 bridgehead atoms. The molecule has 21 heavy (non-hydrogen) atoms. The number of ketones is 1. The first-order chi connectivity index (χ1) is 10.0. The van der Waals surface area contributed by atoms with Crippen LogP contribution >= 0.6 is 0 Å². The van der Waals surface area contributed by atoms with Crippen LogP contribution in [-0.2, 0) is 0 Å². The predicted octanol–water partition coefficient (Wildman–Crippen LogP) is 0.993. The van der Waals surface area contributed by atoms with E-state index in [1.165, 1.54) is 0 Å². The van der Waals surface area contributed by atoms with Crippen molar-refractivity contribution in [3.63, 3.8) is 0 Å². The first kappa shape index (κ1) is 14.9. The van der Waals surface area contributed by atoms with Gasteiger partial charge in [0.25, 0.3) is 0 Å². The van der Waals surface area contributed by atoms with Crippen LogP contribution in [0.4, 0.5) is 0 Å². The second-order valence-corrected chi connectivity index (χ2v) is 5.02. The zero-order valence-electron chi connectivity index (χ0n) is 12.4. The summed E-state index contributed by atoms with van der Waals surface area (Å²) >= 11 is 0. The van der Waals surface area contributed by atoms with Crippen LogP contribution in [0, 0.1) is 0 Å². The number of hydrogen-bond donors (Lipinski definition) is 0. The van der Waals surface area contributed by atoms with Crippen molar-refractivity contribution in [3.8, 4) is 5.69 Å². The minimum absolute atomic E-state index is 0.0346. The zero-order valence-corrected chi connectivity index (χ0v) is 12.4. The molecule has 0 fully saturated rings. The molecule has 0 saturated heterocycles. The van der Waals surface area contributed by atoms with E-state index in [9.17, 15) is 4.79 Å². The molecule has 2 rings (SSSR count). The zero-order chi connectivity index (χ0) is 15.4. The molecule has 4 heteroatoms. The van der Waals surface area contributed by atoms with Gasteiger partial charge in [0.15, 0.2) is 5.78 Å². The fourth-order valence-corrected chi connectivity index (χ4v) is 2.11. The van der Waals surface area contributed by atoms with Crippen molar-refractivity contribution >= 4 is 18.4 Å². The van der Waals surface area contributed by atoms with Crippen molar-refractivity contribution in [1.29, 1.82) is 0 Å². The molecule has 1 aromatic heterocycles. The highest BCUT2D eigenvalue weighted by Crippen LogP contribution is 2.02. The number of likely N-dealkylation sites (N-methyl/N-ethyl adjacent to an activating group) is 1. The summed E-state index contributed by atoms with van der Waals surface area (Å²) in [6, 6.07) is 9.65. The van der Waals surface area contributed by atoms with Crippen LogP contribution < -0.4 is 10.6 Å². The Balaban J connectivity index is 2.62. The Labute approximate surface area is 124 Å². The summed E-state index contributed by atoms with van der Waals surface area (Å²) in [7, 11) is 3.71. The summed E-state index contributed by atoms with van der Waals surface area (Å²) < 4.78 is 1.69. The lowest BCUT2D eigenvalue weighted by Crippen LogP contribution is -2.31. The van der Waals surface area contributed by atoms with Crippen LogP contribution in [0.2, 0.25) is 0 Å². The smallest absolute Gasteiger partial charge is 0.197 e. The van der Waals surface area contributed by atoms with Gasteiger partial charge in [0.1, 0.15) is 5.69 Å². The molecule has 1 heterocycles. The molecule has 0 atom stereocenters. The van der Waals surface area contributed by atoms with Gasteiger partial charge in [0, 0.05) is 5.22 Å². The Morgan fingerprint density at radius 3 is 2.57 bits per heavy atom. The Morgan fingerprint density at radius 1 is 1.33 bits per heavy atom. The van der Waals surface area contributed by atoms with E-state index in [-0.39, 0.29) is 5.78 Å². The first-order valence-corrected chi connectivity index (χ1v) is 6.68. The van der Waals surface area contributed by atoms with Gasteiger partial charge >= 0.3 is 0 Å². The molecular weight excluding hydrogens is 262 g/mol. The normalized spacial score (nSPS) is 11.9. The van der Waals surface area contributed by atoms with Crippen molar-refractivity contribution in [3.05, 3.63) is 59.2 Å². The summed E-state index contributed by atoms with van der Waals surface area (Å²) in [5.74, 6) is -0.0346. The van der Waals surface area contributed by atoms with E-state index in [1.54, 1.807) is 16.8 Å². The van der Waals surface area contributed by atoms with Gasteiger partial charge in [0.05, 0.1) is 17.6 Å². The van der Waals surface area contributed by atoms with Gasteiger partial charge < -0.3 is 4.90 Å². The molecule has 0 radical (unpaired) electrons. The molecule has 0 unspecified atom stereocenters. The fourth-order valence-electron chi connectivity index (χ4n) is 2.11. The minimum Gasteiger partial charge on any atom is -0.302 e. The van der Waals surface area contributed by atoms with Crippen LogP contribution in [0.15, 0.2) is 43.0 Å². The Bertz CT molecular complexity index is 757. The number of rotatable bonds is 5. The number of allylic oxidation sites excluding steroid dienone is 1. The van der Waals surface area contributed by atoms with Gasteiger partial charge in [-0.2, -0.15) is 5.10 Å². The lowest BCUT2D eigenvalue weighted by molar-refractivity contribution is 0.0951. The summed E-state index contributed by atoms with van der Waals surface area (Å²) in [6.07, 6.45) is 3.42. The van der Waals surface area contributed by atoms with Crippen LogP contribution in [0.5, 0.6) is 0 Å². The van der Waals surface area contributed by atoms with Crippen molar-refractivity contribution in [2.45, 2.75) is 0 Å². The Morgan fingerprint density at radius 2 is 2.00 bits per heavy atom. The molecule has 0 spiro atoms. The van der Waals surface area contributed by atoms with E-state index in [2.05, 4.69) is 18.3 Å². The lowest BCUT2D eigenvalue weighted by atomic mass is 10.2. The van der Waals surface area contributed by atoms with Crippen LogP contribution in [0.3, 0.4) is 0 Å². The maximum absolute atomic E-state index is 12.3. The van der Waals surface area contributed by atoms with E-state index < -0.39 is 0 Å². The Hall–Kier alpha value is -2.46. The third kappa shape index (κ3) is 3.17. The number of para-hydroxylation sites is 1. The summed E-state index contributed by atoms with van der Waals surface area (Å²) in [4.78, 5) is 14.2. The topological polar surface area (TPSA) is 38.1 Å². The molecule has 0 saturated carbocycles. The third-order valence-electron chi connectivity index (χ3n) is 3.03. The SMILES string of the molecule is C=C/C=c1/c(C(=O)CN(C)C)nn(-c2ccccc2)c1=C. The van der Waals surface area contributed by atoms with Gasteiger partial charge in [-0.1, -0.05) is 43.5 Å². The number of hydrogen-bond acceptors (Lipinski definition) is 3. The van der Waals surface area contributed by atoms with Crippen molar-refractivity contribution < 1.29 is 4.79 Å². The number of carbonyl (C=O) groups is 1. The predicted molar refractivity (Wildman–Crippen MR) is 85.9 cm³/mol. The van der Waals surface area contributed by atoms with E-state index in [4.69, 9.17) is 0 Å². The van der Waals surface area contributed by atoms with Gasteiger partial charge in [-0.3, -0.25) is 4.79 Å². The second kappa shape index (κ2) is 6.33. The van der Waals surface area contributed by atoms with E-state index >= 15 is 0 Å². The molecule has 108 valence electrons. The first-order valence-electron chi connectivity index (χ1n) is 6.68. The average molecular weight is 281 g/mol. The monoisotopic (exact) mass is 281 g/mol. The molecule has 2 aromatic rings. The van der Waals surface area contributed by atoms with Gasteiger partial charge in [-0.15, -0.1) is 0 Å². The van der Waals surface area contributed by atoms with E-state index in [0.29, 0.717) is 17.6 Å². The van der Waals surface area contributed by atoms with Gasteiger partial charge in [-0.05, 0) is 26.2 Å². The summed E-state index contributed by atoms with van der Waals surface area (Å²) in [5, 5.41) is 5.86. The highest BCUT2D eigenvalue weighted by Gasteiger charge is 2.15. The van der Waals surface area contributed by atoms with Crippen molar-refractivity contribution in [1.82, 2.24) is 14.7 Å². The molecule has 0 N–H and O–H groups in total. The maximum atomic E-state index is 12.3. The lowest BCUT2D eigenvalue weighted by Gasteiger charge is -2.06. The number of Topliss-reactive ketones (excluding diaryl/α,β-unsaturated/α-hetero) is 1. The maximum Gasteiger partial charge on any atom is 0.197 e. The second-order valence-electron chi connectivity index (χ2n) is 5.02. The molecule has 0 aliphatic carbocycles. The third-order valence-corrected chi connectivity index (χ3v) is 3.03. The van der Waals surface area contributed by atoms with Crippen LogP contribution in [0.25, 0.3) is 18.3 Å². The molecule has 4 nitrogen and oxygen atoms in total. The van der Waals surface area contributed by atoms with Gasteiger partial charge in [0.2, 0.25) is 0 Å². The molecule has 0 amide bonds. The fraction of sp³-hybridized carbons (Fsp3) is 0.176. The summed E-state index contributed by atoms with van der Waals surface area (Å²) in [6.45, 7) is 8.06. The molecule has 1 aromatic carbocycles.